The molecule has 0 aromatic heterocycles. The first-order valence-electron chi connectivity index (χ1n) is 0.606. The normalized spacial score (nSPS) is 23.1. The molecular weight excluding hydrogens is 386 g/mol. The van der Waals surface area contributed by atoms with Gasteiger partial charge in [0.15, 0.2) is 0 Å². The van der Waals surface area contributed by atoms with E-state index in [4.69, 9.17) is 27.8 Å². The Morgan fingerprint density at radius 1 is 0.571 bits per heavy atom. The van der Waals surface area contributed by atoms with Crippen molar-refractivity contribution < 1.29 is 23.0 Å². The van der Waals surface area contributed by atoms with Gasteiger partial charge < -0.3 is 0 Å². The van der Waals surface area contributed by atoms with E-state index < -0.39 is 23.0 Å². The van der Waals surface area contributed by atoms with Gasteiger partial charge in [0.05, 0.1) is 0 Å². The quantitative estimate of drug-likeness (QED) is 0.588. The fraction of sp³-hybridized carbons (Fsp3) is 0. The molecule has 0 spiro atoms. The summed E-state index contributed by atoms with van der Waals surface area (Å²) < 4.78 is 30.2. The van der Waals surface area contributed by atoms with Crippen LogP contribution in [0, 0.1) is 23.0 Å². The molecule has 56 valence electrons. The Kier molecular flexibility index (Phi) is 2.78. The van der Waals surface area contributed by atoms with Crippen LogP contribution in [0.4, 0.5) is 0 Å². The molecule has 0 saturated carbocycles. The average molecular weight is 386 g/mol. The first-order chi connectivity index (χ1) is 2.45. The van der Waals surface area contributed by atoms with Crippen LogP contribution in [-0.2, 0) is 0 Å². The second kappa shape index (κ2) is 1.89. The van der Waals surface area contributed by atoms with Crippen molar-refractivity contribution in [2.45, 2.75) is 0 Å². The van der Waals surface area contributed by atoms with E-state index in [1.165, 1.54) is 0 Å². The standard InChI is InChI=1S/6ClH.Yb/h6*1H;/q;;;;;;+6/p-6. The second-order valence-electron chi connectivity index (χ2n) is 0.573. The summed E-state index contributed by atoms with van der Waals surface area (Å²) in [6, 6.07) is 0. The van der Waals surface area contributed by atoms with E-state index >= 15 is 0 Å². The van der Waals surface area contributed by atoms with Crippen molar-refractivity contribution >= 4 is 27.8 Å². The molecule has 0 aliphatic carbocycles. The molecule has 0 radical (unpaired) electrons. The van der Waals surface area contributed by atoms with Crippen LogP contribution in [0.2, 0.25) is 0 Å². The maximum atomic E-state index is 5.03. The van der Waals surface area contributed by atoms with Gasteiger partial charge in [-0.05, 0) is 0 Å². The monoisotopic (exact) mass is 384 g/mol. The molecule has 0 aliphatic rings. The third-order valence-corrected chi connectivity index (χ3v) is 0. The van der Waals surface area contributed by atoms with Crippen LogP contribution >= 0.6 is 27.8 Å². The summed E-state index contributed by atoms with van der Waals surface area (Å²) in [5.74, 6) is 0. The van der Waals surface area contributed by atoms with Crippen LogP contribution in [0.5, 0.6) is 0 Å². The molecule has 0 bridgehead atoms. The molecule has 0 rings (SSSR count). The van der Waals surface area contributed by atoms with Gasteiger partial charge >= 0.3 is 50.7 Å². The van der Waals surface area contributed by atoms with Crippen molar-refractivity contribution in [2.75, 3.05) is 0 Å². The van der Waals surface area contributed by atoms with Gasteiger partial charge in [0.2, 0.25) is 0 Å². The minimum atomic E-state index is -5.10. The first-order valence-corrected chi connectivity index (χ1v) is 13.5. The fourth-order valence-electron chi connectivity index (χ4n) is 0. The van der Waals surface area contributed by atoms with E-state index in [9.17, 15) is 0 Å². The second-order valence-corrected chi connectivity index (χ2v) is 38.2. The number of rotatable bonds is 0. The molecule has 0 N–H and O–H groups in total. The van der Waals surface area contributed by atoms with Gasteiger partial charge in [-0.3, -0.25) is 0 Å². The summed E-state index contributed by atoms with van der Waals surface area (Å²) in [6.45, 7) is 0. The topological polar surface area (TPSA) is 0 Å². The number of hydrogen-bond donors (Lipinski definition) is 0. The first kappa shape index (κ1) is 10.3. The molecule has 0 aromatic rings. The van der Waals surface area contributed by atoms with Crippen molar-refractivity contribution in [1.82, 2.24) is 0 Å². The van der Waals surface area contributed by atoms with Crippen LogP contribution in [0.1, 0.15) is 0 Å². The Labute approximate surface area is 48.4 Å². The molecule has 0 amide bonds. The van der Waals surface area contributed by atoms with Crippen molar-refractivity contribution in [1.29, 1.82) is 0 Å². The Hall–Kier alpha value is 3.26. The van der Waals surface area contributed by atoms with E-state index in [1.807, 2.05) is 0 Å². The van der Waals surface area contributed by atoms with E-state index in [2.05, 4.69) is 0 Å². The van der Waals surface area contributed by atoms with Crippen LogP contribution in [0.15, 0.2) is 0 Å². The van der Waals surface area contributed by atoms with Crippen molar-refractivity contribution in [3.05, 3.63) is 0 Å². The SMILES string of the molecule is [Cl][Yb]([Cl])([Cl])([Cl])([Cl])[Cl]. The van der Waals surface area contributed by atoms with E-state index in [1.54, 1.807) is 0 Å². The zero-order chi connectivity index (χ0) is 6.41. The molecule has 0 atom stereocenters. The molecule has 0 saturated heterocycles. The van der Waals surface area contributed by atoms with Gasteiger partial charge in [-0.25, -0.2) is 0 Å². The average Bonchev–Trinajstić information content (AvgIpc) is 0.592. The Bertz CT molecular complexity index is 62.7. The molecule has 0 aliphatic heterocycles. The molecule has 7 heteroatoms. The van der Waals surface area contributed by atoms with Crippen molar-refractivity contribution in [2.24, 2.45) is 0 Å². The minimum absolute atomic E-state index is 5.03. The van der Waals surface area contributed by atoms with Gasteiger partial charge in [-0.2, -0.15) is 0 Å². The summed E-state index contributed by atoms with van der Waals surface area (Å²) in [4.78, 5) is 0. The zero-order valence-corrected chi connectivity index (χ0v) is 8.79. The molecule has 0 nitrogen and oxygen atoms in total. The third kappa shape index (κ3) is 45.9. The molecule has 0 aromatic carbocycles. The van der Waals surface area contributed by atoms with Crippen molar-refractivity contribution in [3.63, 3.8) is 0 Å². The van der Waals surface area contributed by atoms with E-state index in [0.29, 0.717) is 0 Å². The van der Waals surface area contributed by atoms with Crippen LogP contribution in [0.3, 0.4) is 0 Å². The van der Waals surface area contributed by atoms with E-state index in [0.717, 1.165) is 0 Å². The maximum absolute atomic E-state index is 5.10. The number of hydrogen-bond acceptors (Lipinski definition) is 0. The summed E-state index contributed by atoms with van der Waals surface area (Å²) in [7, 11) is 0. The molecular formula is Cl6Yb. The van der Waals surface area contributed by atoms with Gasteiger partial charge in [0, 0.05) is 0 Å². The fourth-order valence-corrected chi connectivity index (χ4v) is 0. The van der Waals surface area contributed by atoms with Gasteiger partial charge in [-0.15, -0.1) is 0 Å². The summed E-state index contributed by atoms with van der Waals surface area (Å²) in [5, 5.41) is 0. The van der Waals surface area contributed by atoms with Gasteiger partial charge in [0.1, 0.15) is 0 Å². The van der Waals surface area contributed by atoms with E-state index in [-0.39, 0.29) is 0 Å². The van der Waals surface area contributed by atoms with Crippen molar-refractivity contribution in [3.8, 4) is 0 Å². The Morgan fingerprint density at radius 3 is 0.571 bits per heavy atom. The third-order valence-electron chi connectivity index (χ3n) is 0. The molecule has 0 fully saturated rings. The summed E-state index contributed by atoms with van der Waals surface area (Å²) >= 11 is -5.10. The van der Waals surface area contributed by atoms with Gasteiger partial charge in [0.25, 0.3) is 0 Å². The Balaban J connectivity index is 4.43. The van der Waals surface area contributed by atoms with Gasteiger partial charge in [-0.1, -0.05) is 0 Å². The molecule has 0 unspecified atom stereocenters. The molecule has 0 heterocycles. The molecule has 7 heavy (non-hydrogen) atoms. The van der Waals surface area contributed by atoms with Crippen LogP contribution in [-0.4, -0.2) is 0 Å². The predicted molar refractivity (Wildman–Crippen MR) is 35.1 cm³/mol. The number of halogens is 6. The summed E-state index contributed by atoms with van der Waals surface area (Å²) in [5.41, 5.74) is 0. The summed E-state index contributed by atoms with van der Waals surface area (Å²) in [6.07, 6.45) is 0. The van der Waals surface area contributed by atoms with Crippen LogP contribution in [0.25, 0.3) is 0 Å². The zero-order valence-electron chi connectivity index (χ0n) is 2.54. The Morgan fingerprint density at radius 2 is 0.571 bits per heavy atom. The van der Waals surface area contributed by atoms with Crippen LogP contribution < -0.4 is 0 Å². The predicted octanol–water partition coefficient (Wildman–Crippen LogP) is 4.14.